The van der Waals surface area contributed by atoms with E-state index in [-0.39, 0.29) is 59.8 Å². The molecule has 1 aliphatic carbocycles. The molecular formula is C33H56N2O9. The molecule has 1 saturated carbocycles. The Morgan fingerprint density at radius 3 is 2.43 bits per heavy atom. The minimum Gasteiger partial charge on any atom is -0.460 e. The van der Waals surface area contributed by atoms with Crippen LogP contribution in [0, 0.1) is 11.8 Å². The Labute approximate surface area is 263 Å². The number of nitrogens with one attached hydrogen (secondary N) is 2. The van der Waals surface area contributed by atoms with Gasteiger partial charge in [0.25, 0.3) is 0 Å². The van der Waals surface area contributed by atoms with Crippen molar-refractivity contribution in [2.24, 2.45) is 11.8 Å². The number of epoxide rings is 2. The number of allylic oxidation sites excluding steroid dienone is 1. The number of amides is 1. The van der Waals surface area contributed by atoms with Crippen LogP contribution >= 0.6 is 0 Å². The van der Waals surface area contributed by atoms with Crippen molar-refractivity contribution in [1.29, 1.82) is 0 Å². The summed E-state index contributed by atoms with van der Waals surface area (Å²) in [6, 6.07) is -0.216. The molecule has 1 amide bonds. The molecule has 252 valence electrons. The van der Waals surface area contributed by atoms with E-state index in [0.717, 1.165) is 25.5 Å². The second-order valence-electron chi connectivity index (χ2n) is 13.2. The molecule has 0 bridgehead atoms. The topological polar surface area (TPSA) is 137 Å². The fraction of sp³-hybridized carbons (Fsp3) is 0.848. The lowest BCUT2D eigenvalue weighted by atomic mass is 9.68. The Morgan fingerprint density at radius 1 is 1.07 bits per heavy atom. The van der Waals surface area contributed by atoms with E-state index in [1.54, 1.807) is 7.11 Å². The Hall–Kier alpha value is -1.89. The van der Waals surface area contributed by atoms with Gasteiger partial charge in [-0.1, -0.05) is 25.5 Å². The van der Waals surface area contributed by atoms with Gasteiger partial charge >= 0.3 is 5.97 Å². The van der Waals surface area contributed by atoms with Crippen LogP contribution in [0.3, 0.4) is 0 Å². The molecule has 0 aromatic rings. The number of hydrogen-bond acceptors (Lipinski definition) is 10. The molecule has 2 heterocycles. The van der Waals surface area contributed by atoms with Crippen molar-refractivity contribution in [3.8, 4) is 0 Å². The lowest BCUT2D eigenvalue weighted by molar-refractivity contribution is -0.172. The largest absolute Gasteiger partial charge is 0.460 e. The maximum Gasteiger partial charge on any atom is 0.306 e. The van der Waals surface area contributed by atoms with E-state index in [9.17, 15) is 14.4 Å². The molecule has 7 atom stereocenters. The van der Waals surface area contributed by atoms with Crippen LogP contribution < -0.4 is 10.6 Å². The van der Waals surface area contributed by atoms with Crippen molar-refractivity contribution in [2.75, 3.05) is 53.2 Å². The van der Waals surface area contributed by atoms with Crippen LogP contribution in [0.2, 0.25) is 0 Å². The zero-order chi connectivity index (χ0) is 32.2. The van der Waals surface area contributed by atoms with Gasteiger partial charge in [0.1, 0.15) is 29.7 Å². The number of ether oxygens (including phenoxy) is 6. The van der Waals surface area contributed by atoms with Gasteiger partial charge < -0.3 is 43.8 Å². The smallest absolute Gasteiger partial charge is 0.306 e. The van der Waals surface area contributed by atoms with Crippen molar-refractivity contribution in [1.82, 2.24) is 10.6 Å². The third-order valence-corrected chi connectivity index (χ3v) is 8.78. The van der Waals surface area contributed by atoms with E-state index in [1.807, 2.05) is 0 Å². The first-order chi connectivity index (χ1) is 21.0. The molecule has 11 nitrogen and oxygen atoms in total. The van der Waals surface area contributed by atoms with E-state index in [2.05, 4.69) is 51.3 Å². The molecule has 3 rings (SSSR count). The summed E-state index contributed by atoms with van der Waals surface area (Å²) in [6.45, 7) is 13.6. The molecule has 4 unspecified atom stereocenters. The molecule has 3 aliphatic rings. The van der Waals surface area contributed by atoms with E-state index in [1.165, 1.54) is 5.57 Å². The highest BCUT2D eigenvalue weighted by Crippen LogP contribution is 2.59. The number of esters is 1. The van der Waals surface area contributed by atoms with Gasteiger partial charge in [-0.15, -0.1) is 0 Å². The lowest BCUT2D eigenvalue weighted by Gasteiger charge is -2.42. The minimum atomic E-state index is -0.359. The minimum absolute atomic E-state index is 0.00603. The molecule has 2 N–H and O–H groups in total. The maximum absolute atomic E-state index is 12.7. The predicted octanol–water partition coefficient (Wildman–Crippen LogP) is 3.13. The molecule has 0 aromatic heterocycles. The standard InChI is InChI=1S/C33H56N2O9/c1-23(2)9-10-27-32(5,44-27)31-30(39-6)26(11-13-33(31)22-42-33)43-29(38)8-7-16-40-18-19-41-17-15-35-28(37)12-14-34-25(21-36)20-24(3)4/h9,21,24-27,30-31,34H,7-8,10-20,22H2,1-6H3,(H,35,37)/t25-,26?,27+,30?,31?,32?,33-/m0/s1. The van der Waals surface area contributed by atoms with E-state index < -0.39 is 0 Å². The summed E-state index contributed by atoms with van der Waals surface area (Å²) in [5, 5.41) is 5.90. The number of aldehydes is 1. The van der Waals surface area contributed by atoms with Gasteiger partial charge in [0.2, 0.25) is 5.91 Å². The fourth-order valence-corrected chi connectivity index (χ4v) is 6.36. The summed E-state index contributed by atoms with van der Waals surface area (Å²) in [6.07, 6.45) is 6.87. The molecular weight excluding hydrogens is 568 g/mol. The van der Waals surface area contributed by atoms with Crippen LogP contribution in [0.25, 0.3) is 0 Å². The normalized spacial score (nSPS) is 29.7. The number of carbonyl (C=O) groups is 3. The van der Waals surface area contributed by atoms with Crippen molar-refractivity contribution in [3.05, 3.63) is 11.6 Å². The molecule has 1 spiro atoms. The number of rotatable bonds is 22. The highest BCUT2D eigenvalue weighted by atomic mass is 16.6. The summed E-state index contributed by atoms with van der Waals surface area (Å²) in [5.41, 5.74) is 0.664. The first-order valence-corrected chi connectivity index (χ1v) is 16.3. The van der Waals surface area contributed by atoms with Gasteiger partial charge in [-0.25, -0.2) is 0 Å². The third kappa shape index (κ3) is 11.2. The first kappa shape index (κ1) is 36.6. The van der Waals surface area contributed by atoms with Crippen molar-refractivity contribution < 1.29 is 42.8 Å². The lowest BCUT2D eigenvalue weighted by Crippen LogP contribution is -2.55. The van der Waals surface area contributed by atoms with Crippen LogP contribution in [-0.4, -0.2) is 107 Å². The quantitative estimate of drug-likeness (QED) is 0.0608. The molecule has 11 heteroatoms. The van der Waals surface area contributed by atoms with E-state index >= 15 is 0 Å². The zero-order valence-electron chi connectivity index (χ0n) is 27.7. The predicted molar refractivity (Wildman–Crippen MR) is 165 cm³/mol. The summed E-state index contributed by atoms with van der Waals surface area (Å²) in [5.74, 6) is 0.0840. The second-order valence-corrected chi connectivity index (χ2v) is 13.2. The fourth-order valence-electron chi connectivity index (χ4n) is 6.36. The van der Waals surface area contributed by atoms with Crippen LogP contribution in [0.15, 0.2) is 11.6 Å². The van der Waals surface area contributed by atoms with E-state index in [4.69, 9.17) is 28.4 Å². The summed E-state index contributed by atoms with van der Waals surface area (Å²) in [4.78, 5) is 35.7. The molecule has 0 aromatic carbocycles. The van der Waals surface area contributed by atoms with Crippen LogP contribution in [-0.2, 0) is 42.8 Å². The third-order valence-electron chi connectivity index (χ3n) is 8.78. The van der Waals surface area contributed by atoms with Gasteiger partial charge in [-0.05, 0) is 58.8 Å². The second kappa shape index (κ2) is 17.7. The van der Waals surface area contributed by atoms with Gasteiger partial charge in [0.05, 0.1) is 44.5 Å². The Balaban J connectivity index is 1.23. The van der Waals surface area contributed by atoms with Crippen LogP contribution in [0.1, 0.15) is 79.6 Å². The van der Waals surface area contributed by atoms with Crippen LogP contribution in [0.5, 0.6) is 0 Å². The molecule has 2 aliphatic heterocycles. The van der Waals surface area contributed by atoms with E-state index in [0.29, 0.717) is 71.3 Å². The Bertz CT molecular complexity index is 950. The monoisotopic (exact) mass is 624 g/mol. The van der Waals surface area contributed by atoms with Crippen LogP contribution in [0.4, 0.5) is 0 Å². The van der Waals surface area contributed by atoms with Crippen molar-refractivity contribution in [3.63, 3.8) is 0 Å². The highest BCUT2D eigenvalue weighted by Gasteiger charge is 2.72. The Morgan fingerprint density at radius 2 is 1.80 bits per heavy atom. The average Bonchev–Trinajstić information content (AvgIpc) is 3.89. The molecule has 3 fully saturated rings. The van der Waals surface area contributed by atoms with Crippen molar-refractivity contribution >= 4 is 18.2 Å². The summed E-state index contributed by atoms with van der Waals surface area (Å²) >= 11 is 0. The molecule has 2 saturated heterocycles. The summed E-state index contributed by atoms with van der Waals surface area (Å²) in [7, 11) is 1.68. The number of methoxy groups -OCH3 is 1. The maximum atomic E-state index is 12.7. The first-order valence-electron chi connectivity index (χ1n) is 16.3. The number of hydrogen-bond donors (Lipinski definition) is 2. The van der Waals surface area contributed by atoms with Crippen molar-refractivity contribution in [2.45, 2.75) is 115 Å². The van der Waals surface area contributed by atoms with Gasteiger partial charge in [-0.2, -0.15) is 0 Å². The van der Waals surface area contributed by atoms with Gasteiger partial charge in [-0.3, -0.25) is 9.59 Å². The Kier molecular flexibility index (Phi) is 14.7. The molecule has 0 radical (unpaired) electrons. The highest BCUT2D eigenvalue weighted by molar-refractivity contribution is 5.76. The molecule has 44 heavy (non-hydrogen) atoms. The van der Waals surface area contributed by atoms with Gasteiger partial charge in [0.15, 0.2) is 0 Å². The average molecular weight is 625 g/mol. The zero-order valence-corrected chi connectivity index (χ0v) is 27.7. The SMILES string of the molecule is COC1C(OC(=O)CCCOCCOCCNC(=O)CCN[C@H](C=O)CC(C)C)CC[C@]2(CO2)C1C1(C)O[C@@H]1CC=C(C)C. The van der Waals surface area contributed by atoms with Gasteiger partial charge in [0, 0.05) is 39.6 Å². The summed E-state index contributed by atoms with van der Waals surface area (Å²) < 4.78 is 35.2. The number of carbonyl (C=O) groups excluding carboxylic acids is 3.